The average Bonchev–Trinajstić information content (AvgIpc) is 2.53. The maximum absolute atomic E-state index is 6.02. The van der Waals surface area contributed by atoms with Gasteiger partial charge in [-0.3, -0.25) is 0 Å². The molecule has 0 fully saturated rings. The number of rotatable bonds is 4. The van der Waals surface area contributed by atoms with Crippen LogP contribution in [0.5, 0.6) is 0 Å². The van der Waals surface area contributed by atoms with Gasteiger partial charge in [0.1, 0.15) is 17.3 Å². The van der Waals surface area contributed by atoms with Gasteiger partial charge in [-0.05, 0) is 40.2 Å². The van der Waals surface area contributed by atoms with Crippen LogP contribution in [0.3, 0.4) is 0 Å². The second kappa shape index (κ2) is 5.17. The van der Waals surface area contributed by atoms with Gasteiger partial charge >= 0.3 is 0 Å². The molecule has 2 rings (SSSR count). The molecule has 0 saturated carbocycles. The molecular weight excluding hydrogens is 240 g/mol. The second-order valence-electron chi connectivity index (χ2n) is 5.14. The number of anilines is 1. The Kier molecular flexibility index (Phi) is 3.75. The highest BCUT2D eigenvalue weighted by atomic mass is 16.5. The zero-order valence-corrected chi connectivity index (χ0v) is 12.3. The summed E-state index contributed by atoms with van der Waals surface area (Å²) in [4.78, 5) is 8.78. The van der Waals surface area contributed by atoms with Crippen LogP contribution in [0.4, 0.5) is 5.82 Å². The van der Waals surface area contributed by atoms with Crippen molar-refractivity contribution in [2.75, 3.05) is 12.3 Å². The molecule has 0 aliphatic rings. The first-order valence-electron chi connectivity index (χ1n) is 6.63. The molecule has 0 unspecified atom stereocenters. The van der Waals surface area contributed by atoms with E-state index < -0.39 is 0 Å². The summed E-state index contributed by atoms with van der Waals surface area (Å²) in [7, 11) is 0. The third-order valence-electron chi connectivity index (χ3n) is 3.37. The first kappa shape index (κ1) is 13.8. The van der Waals surface area contributed by atoms with Gasteiger partial charge in [-0.25, -0.2) is 9.97 Å². The Morgan fingerprint density at radius 2 is 1.89 bits per heavy atom. The lowest BCUT2D eigenvalue weighted by Crippen LogP contribution is -2.12. The molecule has 5 heteroatoms. The van der Waals surface area contributed by atoms with Crippen LogP contribution in [0.15, 0.2) is 0 Å². The molecule has 19 heavy (non-hydrogen) atoms. The highest BCUT2D eigenvalue weighted by Crippen LogP contribution is 2.27. The molecule has 0 radical (unpaired) electrons. The molecule has 5 nitrogen and oxygen atoms in total. The number of nitrogens with zero attached hydrogens (tertiary/aromatic N) is 3. The number of nitrogen functional groups attached to an aromatic ring is 1. The summed E-state index contributed by atoms with van der Waals surface area (Å²) in [5.74, 6) is 1.26. The predicted octanol–water partition coefficient (Wildman–Crippen LogP) is 2.36. The quantitative estimate of drug-likeness (QED) is 0.918. The summed E-state index contributed by atoms with van der Waals surface area (Å²) in [6.45, 7) is 11.5. The van der Waals surface area contributed by atoms with Crippen molar-refractivity contribution in [2.24, 2.45) is 0 Å². The van der Waals surface area contributed by atoms with E-state index in [1.54, 1.807) is 0 Å². The standard InChI is InChI=1S/C14H22N4O/c1-8(2)19-7-6-18-10(4)9(3)12-13(15)16-11(5)17-14(12)18/h8H,6-7H2,1-5H3,(H2,15,16,17). The summed E-state index contributed by atoms with van der Waals surface area (Å²) < 4.78 is 7.79. The van der Waals surface area contributed by atoms with E-state index in [1.807, 2.05) is 20.8 Å². The molecular formula is C14H22N4O. The summed E-state index contributed by atoms with van der Waals surface area (Å²) in [6.07, 6.45) is 0.240. The summed E-state index contributed by atoms with van der Waals surface area (Å²) in [5.41, 5.74) is 9.26. The molecule has 0 aliphatic carbocycles. The lowest BCUT2D eigenvalue weighted by Gasteiger charge is -2.11. The number of aryl methyl sites for hydroxylation is 2. The van der Waals surface area contributed by atoms with Gasteiger partial charge < -0.3 is 15.0 Å². The van der Waals surface area contributed by atoms with Crippen LogP contribution >= 0.6 is 0 Å². The molecule has 2 N–H and O–H groups in total. The Morgan fingerprint density at radius 1 is 1.21 bits per heavy atom. The zero-order chi connectivity index (χ0) is 14.2. The Hall–Kier alpha value is -1.62. The van der Waals surface area contributed by atoms with Crippen molar-refractivity contribution in [1.29, 1.82) is 0 Å². The van der Waals surface area contributed by atoms with Crippen molar-refractivity contribution in [1.82, 2.24) is 14.5 Å². The van der Waals surface area contributed by atoms with Crippen molar-refractivity contribution in [2.45, 2.75) is 47.3 Å². The lowest BCUT2D eigenvalue weighted by atomic mass is 10.2. The van der Waals surface area contributed by atoms with Gasteiger partial charge in [-0.15, -0.1) is 0 Å². The van der Waals surface area contributed by atoms with Crippen LogP contribution < -0.4 is 5.73 Å². The van der Waals surface area contributed by atoms with Crippen molar-refractivity contribution < 1.29 is 4.74 Å². The molecule has 2 heterocycles. The molecule has 0 spiro atoms. The minimum Gasteiger partial charge on any atom is -0.383 e. The summed E-state index contributed by atoms with van der Waals surface area (Å²) >= 11 is 0. The molecule has 0 bridgehead atoms. The van der Waals surface area contributed by atoms with Gasteiger partial charge in [0, 0.05) is 12.2 Å². The molecule has 0 saturated heterocycles. The number of aromatic nitrogens is 3. The van der Waals surface area contributed by atoms with Gasteiger partial charge in [-0.2, -0.15) is 0 Å². The van der Waals surface area contributed by atoms with E-state index in [1.165, 1.54) is 5.69 Å². The van der Waals surface area contributed by atoms with Crippen LogP contribution in [0, 0.1) is 20.8 Å². The van der Waals surface area contributed by atoms with Gasteiger partial charge in [0.2, 0.25) is 0 Å². The molecule has 0 aromatic carbocycles. The normalized spacial score (nSPS) is 11.7. The van der Waals surface area contributed by atoms with Gasteiger partial charge in [0.15, 0.2) is 0 Å². The Labute approximate surface area is 113 Å². The van der Waals surface area contributed by atoms with Gasteiger partial charge in [-0.1, -0.05) is 0 Å². The third-order valence-corrected chi connectivity index (χ3v) is 3.37. The third kappa shape index (κ3) is 2.56. The average molecular weight is 262 g/mol. The van der Waals surface area contributed by atoms with Gasteiger partial charge in [0.05, 0.1) is 18.1 Å². The molecule has 104 valence electrons. The van der Waals surface area contributed by atoms with Crippen LogP contribution in [-0.2, 0) is 11.3 Å². The molecule has 0 atom stereocenters. The van der Waals surface area contributed by atoms with E-state index in [-0.39, 0.29) is 6.10 Å². The van der Waals surface area contributed by atoms with Crippen molar-refractivity contribution >= 4 is 16.9 Å². The van der Waals surface area contributed by atoms with E-state index in [4.69, 9.17) is 10.5 Å². The number of ether oxygens (including phenoxy) is 1. The lowest BCUT2D eigenvalue weighted by molar-refractivity contribution is 0.0730. The number of nitrogens with two attached hydrogens (primary N) is 1. The fourth-order valence-electron chi connectivity index (χ4n) is 2.33. The van der Waals surface area contributed by atoms with E-state index in [9.17, 15) is 0 Å². The minimum atomic E-state index is 0.240. The summed E-state index contributed by atoms with van der Waals surface area (Å²) in [6, 6.07) is 0. The minimum absolute atomic E-state index is 0.240. The molecule has 0 aliphatic heterocycles. The first-order valence-corrected chi connectivity index (χ1v) is 6.63. The van der Waals surface area contributed by atoms with Crippen LogP contribution in [0.1, 0.15) is 30.9 Å². The SMILES string of the molecule is Cc1nc(N)c2c(C)c(C)n(CCOC(C)C)c2n1. The highest BCUT2D eigenvalue weighted by molar-refractivity contribution is 5.91. The van der Waals surface area contributed by atoms with Crippen LogP contribution in [0.2, 0.25) is 0 Å². The monoisotopic (exact) mass is 262 g/mol. The molecule has 2 aromatic rings. The van der Waals surface area contributed by atoms with E-state index in [2.05, 4.69) is 28.4 Å². The highest BCUT2D eigenvalue weighted by Gasteiger charge is 2.15. The first-order chi connectivity index (χ1) is 8.91. The fourth-order valence-corrected chi connectivity index (χ4v) is 2.33. The Balaban J connectivity index is 2.45. The predicted molar refractivity (Wildman–Crippen MR) is 77.2 cm³/mol. The van der Waals surface area contributed by atoms with Crippen molar-refractivity contribution in [3.8, 4) is 0 Å². The zero-order valence-electron chi connectivity index (χ0n) is 12.3. The maximum Gasteiger partial charge on any atom is 0.146 e. The number of hydrogen-bond acceptors (Lipinski definition) is 4. The van der Waals surface area contributed by atoms with E-state index >= 15 is 0 Å². The largest absolute Gasteiger partial charge is 0.383 e. The molecule has 2 aromatic heterocycles. The maximum atomic E-state index is 6.02. The number of hydrogen-bond donors (Lipinski definition) is 1. The van der Waals surface area contributed by atoms with Crippen LogP contribution in [-0.4, -0.2) is 27.2 Å². The van der Waals surface area contributed by atoms with E-state index in [0.29, 0.717) is 18.2 Å². The van der Waals surface area contributed by atoms with E-state index in [0.717, 1.165) is 23.1 Å². The van der Waals surface area contributed by atoms with Crippen LogP contribution in [0.25, 0.3) is 11.0 Å². The summed E-state index contributed by atoms with van der Waals surface area (Å²) in [5, 5.41) is 0.965. The Bertz CT molecular complexity index is 601. The molecule has 0 amide bonds. The van der Waals surface area contributed by atoms with Crippen molar-refractivity contribution in [3.05, 3.63) is 17.1 Å². The fraction of sp³-hybridized carbons (Fsp3) is 0.571. The number of fused-ring (bicyclic) bond motifs is 1. The topological polar surface area (TPSA) is 66.0 Å². The van der Waals surface area contributed by atoms with Crippen molar-refractivity contribution in [3.63, 3.8) is 0 Å². The Morgan fingerprint density at radius 3 is 2.53 bits per heavy atom. The second-order valence-corrected chi connectivity index (χ2v) is 5.14. The smallest absolute Gasteiger partial charge is 0.146 e. The van der Waals surface area contributed by atoms with Gasteiger partial charge in [0.25, 0.3) is 0 Å².